The summed E-state index contributed by atoms with van der Waals surface area (Å²) in [6.07, 6.45) is -0.0372. The van der Waals surface area contributed by atoms with Crippen molar-refractivity contribution in [3.8, 4) is 0 Å². The number of ether oxygens (including phenoxy) is 1. The first kappa shape index (κ1) is 19.4. The van der Waals surface area contributed by atoms with E-state index >= 15 is 0 Å². The van der Waals surface area contributed by atoms with Crippen molar-refractivity contribution < 1.29 is 28.6 Å². The van der Waals surface area contributed by atoms with Crippen LogP contribution in [0.2, 0.25) is 0 Å². The minimum Gasteiger partial charge on any atom is -0.458 e. The summed E-state index contributed by atoms with van der Waals surface area (Å²) in [7, 11) is 0. The first-order valence-electron chi connectivity index (χ1n) is 9.74. The Hall–Kier alpha value is -3.59. The minimum atomic E-state index is -2.02. The molecule has 3 aliphatic heterocycles. The van der Waals surface area contributed by atoms with Crippen LogP contribution in [0.4, 0.5) is 10.1 Å². The lowest BCUT2D eigenvalue weighted by Crippen LogP contribution is -2.44. The number of Topliss-reactive ketones (excluding diaryl/α,β-unsaturated/α-hetero) is 1. The van der Waals surface area contributed by atoms with Gasteiger partial charge in [0, 0.05) is 22.3 Å². The van der Waals surface area contributed by atoms with Crippen LogP contribution in [0.5, 0.6) is 0 Å². The molecule has 0 spiro atoms. The van der Waals surface area contributed by atoms with E-state index in [1.807, 2.05) is 0 Å². The predicted molar refractivity (Wildman–Crippen MR) is 106 cm³/mol. The van der Waals surface area contributed by atoms with Crippen molar-refractivity contribution in [2.75, 3.05) is 5.32 Å². The SMILES string of the molecule is CC[C@]1(O)C(=O)OCc2c1cc1n(c2=O)C/C(=C2\C(=O)Nc3c2ccc(F)c3C)C1=O. The lowest BCUT2D eigenvalue weighted by Gasteiger charge is -2.31. The molecule has 158 valence electrons. The number of cyclic esters (lactones) is 1. The van der Waals surface area contributed by atoms with E-state index in [9.17, 15) is 28.7 Å². The molecule has 0 aliphatic carbocycles. The Balaban J connectivity index is 1.73. The van der Waals surface area contributed by atoms with Crippen LogP contribution >= 0.6 is 0 Å². The van der Waals surface area contributed by atoms with Crippen LogP contribution in [-0.4, -0.2) is 27.3 Å². The van der Waals surface area contributed by atoms with E-state index in [1.54, 1.807) is 6.92 Å². The van der Waals surface area contributed by atoms with Crippen LogP contribution in [0.1, 0.15) is 46.1 Å². The number of nitrogens with zero attached hydrogens (tertiary/aromatic N) is 1. The van der Waals surface area contributed by atoms with Gasteiger partial charge < -0.3 is 19.7 Å². The quantitative estimate of drug-likeness (QED) is 0.530. The molecule has 31 heavy (non-hydrogen) atoms. The number of aromatic nitrogens is 1. The van der Waals surface area contributed by atoms with Gasteiger partial charge in [-0.3, -0.25) is 14.4 Å². The third kappa shape index (κ3) is 2.37. The van der Waals surface area contributed by atoms with Gasteiger partial charge in [-0.15, -0.1) is 0 Å². The van der Waals surface area contributed by atoms with Crippen LogP contribution < -0.4 is 10.9 Å². The average Bonchev–Trinajstić information content (AvgIpc) is 3.25. The fourth-order valence-corrected chi connectivity index (χ4v) is 4.48. The highest BCUT2D eigenvalue weighted by Crippen LogP contribution is 2.40. The molecule has 1 aromatic heterocycles. The van der Waals surface area contributed by atoms with Gasteiger partial charge in [-0.1, -0.05) is 6.92 Å². The number of pyridine rings is 1. The fourth-order valence-electron chi connectivity index (χ4n) is 4.48. The van der Waals surface area contributed by atoms with Gasteiger partial charge in [-0.2, -0.15) is 0 Å². The molecule has 4 heterocycles. The molecule has 1 aromatic carbocycles. The van der Waals surface area contributed by atoms with Gasteiger partial charge in [-0.25, -0.2) is 9.18 Å². The molecule has 3 aliphatic rings. The maximum Gasteiger partial charge on any atom is 0.343 e. The lowest BCUT2D eigenvalue weighted by atomic mass is 9.86. The highest BCUT2D eigenvalue weighted by atomic mass is 19.1. The molecular formula is C22H17FN2O6. The van der Waals surface area contributed by atoms with Crippen molar-refractivity contribution in [2.24, 2.45) is 0 Å². The van der Waals surface area contributed by atoms with Gasteiger partial charge in [0.2, 0.25) is 5.78 Å². The molecule has 0 saturated carbocycles. The van der Waals surface area contributed by atoms with Crippen molar-refractivity contribution in [1.29, 1.82) is 0 Å². The number of aliphatic hydroxyl groups is 1. The van der Waals surface area contributed by atoms with Crippen molar-refractivity contribution in [2.45, 2.75) is 39.0 Å². The molecule has 0 radical (unpaired) electrons. The number of anilines is 1. The first-order chi connectivity index (χ1) is 14.7. The van der Waals surface area contributed by atoms with Crippen LogP contribution in [0.3, 0.4) is 0 Å². The van der Waals surface area contributed by atoms with E-state index in [2.05, 4.69) is 5.32 Å². The van der Waals surface area contributed by atoms with E-state index < -0.39 is 34.6 Å². The summed E-state index contributed by atoms with van der Waals surface area (Å²) in [5.41, 5.74) is -1.35. The normalized spacial score (nSPS) is 23.9. The Morgan fingerprint density at radius 3 is 2.71 bits per heavy atom. The number of hydrogen-bond acceptors (Lipinski definition) is 6. The van der Waals surface area contributed by atoms with Gasteiger partial charge in [0.1, 0.15) is 12.4 Å². The van der Waals surface area contributed by atoms with Crippen LogP contribution in [0.15, 0.2) is 28.6 Å². The maximum atomic E-state index is 13.9. The van der Waals surface area contributed by atoms with Gasteiger partial charge in [0.05, 0.1) is 29.1 Å². The van der Waals surface area contributed by atoms with Gasteiger partial charge >= 0.3 is 5.97 Å². The zero-order valence-corrected chi connectivity index (χ0v) is 16.7. The summed E-state index contributed by atoms with van der Waals surface area (Å²) in [6, 6.07) is 3.97. The number of rotatable bonds is 1. The first-order valence-corrected chi connectivity index (χ1v) is 9.74. The summed E-state index contributed by atoms with van der Waals surface area (Å²) in [6.45, 7) is 2.63. The molecule has 2 N–H and O–H groups in total. The molecule has 2 aromatic rings. The number of fused-ring (bicyclic) bond motifs is 3. The number of esters is 1. The zero-order valence-electron chi connectivity index (χ0n) is 16.7. The number of hydrogen-bond donors (Lipinski definition) is 2. The van der Waals surface area contributed by atoms with Crippen LogP contribution in [-0.2, 0) is 33.1 Å². The Bertz CT molecular complexity index is 1340. The molecule has 0 saturated heterocycles. The number of ketones is 1. The van der Waals surface area contributed by atoms with Crippen molar-refractivity contribution in [3.05, 3.63) is 67.9 Å². The van der Waals surface area contributed by atoms with Crippen molar-refractivity contribution >= 4 is 28.9 Å². The molecule has 1 amide bonds. The minimum absolute atomic E-state index is 0.0205. The van der Waals surface area contributed by atoms with Crippen LogP contribution in [0.25, 0.3) is 5.57 Å². The smallest absolute Gasteiger partial charge is 0.343 e. The number of nitrogens with one attached hydrogen (secondary N) is 1. The second-order valence-corrected chi connectivity index (χ2v) is 7.83. The van der Waals surface area contributed by atoms with Crippen molar-refractivity contribution in [1.82, 2.24) is 4.57 Å². The fraction of sp³-hybridized carbons (Fsp3) is 0.273. The molecule has 8 nitrogen and oxygen atoms in total. The number of halogens is 1. The number of amides is 1. The molecular weight excluding hydrogens is 407 g/mol. The van der Waals surface area contributed by atoms with E-state index in [-0.39, 0.29) is 53.1 Å². The molecule has 5 rings (SSSR count). The topological polar surface area (TPSA) is 115 Å². The second-order valence-electron chi connectivity index (χ2n) is 7.83. The summed E-state index contributed by atoms with van der Waals surface area (Å²) in [5.74, 6) is -2.48. The predicted octanol–water partition coefficient (Wildman–Crippen LogP) is 1.55. The number of benzene rings is 1. The number of carbonyl (C=O) groups excluding carboxylic acids is 3. The number of allylic oxidation sites excluding steroid dienone is 1. The summed E-state index contributed by atoms with van der Waals surface area (Å²) >= 11 is 0. The standard InChI is InChI=1S/C22H17FN2O6/c1-3-22(30)13-6-15-18(26)11(7-25(15)20(28)12(13)8-31-21(22)29)16-10-4-5-14(23)9(2)17(10)24-19(16)27/h4-6,30H,3,7-8H2,1-2H3,(H,24,27)/b16-11+/t22-/m1/s1. The summed E-state index contributed by atoms with van der Waals surface area (Å²) < 4.78 is 20.1. The van der Waals surface area contributed by atoms with Gasteiger partial charge in [0.15, 0.2) is 5.60 Å². The Kier molecular flexibility index (Phi) is 3.88. The Morgan fingerprint density at radius 1 is 1.26 bits per heavy atom. The maximum absolute atomic E-state index is 13.9. The van der Waals surface area contributed by atoms with Crippen LogP contribution in [0, 0.1) is 12.7 Å². The second kappa shape index (κ2) is 6.21. The van der Waals surface area contributed by atoms with E-state index in [1.165, 1.54) is 29.7 Å². The highest BCUT2D eigenvalue weighted by molar-refractivity contribution is 6.37. The molecule has 0 bridgehead atoms. The Labute approximate surface area is 174 Å². The van der Waals surface area contributed by atoms with Crippen molar-refractivity contribution in [3.63, 3.8) is 0 Å². The monoisotopic (exact) mass is 424 g/mol. The van der Waals surface area contributed by atoms with Gasteiger partial charge in [0.25, 0.3) is 11.5 Å². The number of carbonyl (C=O) groups is 3. The summed E-state index contributed by atoms with van der Waals surface area (Å²) in [5, 5.41) is 13.4. The molecule has 1 atom stereocenters. The van der Waals surface area contributed by atoms with E-state index in [4.69, 9.17) is 4.74 Å². The third-order valence-electron chi connectivity index (χ3n) is 6.30. The molecule has 9 heteroatoms. The highest BCUT2D eigenvalue weighted by Gasteiger charge is 2.46. The molecule has 0 unspecified atom stereocenters. The van der Waals surface area contributed by atoms with E-state index in [0.29, 0.717) is 11.3 Å². The average molecular weight is 424 g/mol. The Morgan fingerprint density at radius 2 is 2.00 bits per heavy atom. The summed E-state index contributed by atoms with van der Waals surface area (Å²) in [4.78, 5) is 51.2. The largest absolute Gasteiger partial charge is 0.458 e. The zero-order chi connectivity index (χ0) is 22.2. The van der Waals surface area contributed by atoms with Gasteiger partial charge in [-0.05, 0) is 31.5 Å². The molecule has 0 fully saturated rings. The lowest BCUT2D eigenvalue weighted by molar-refractivity contribution is -0.172. The van der Waals surface area contributed by atoms with E-state index in [0.717, 1.165) is 0 Å². The third-order valence-corrected chi connectivity index (χ3v) is 6.30.